The summed E-state index contributed by atoms with van der Waals surface area (Å²) in [6.07, 6.45) is 9.36. The molecule has 3 unspecified atom stereocenters. The zero-order valence-corrected chi connectivity index (χ0v) is 16.5. The molecule has 2 saturated carbocycles. The summed E-state index contributed by atoms with van der Waals surface area (Å²) in [5.41, 5.74) is 7.81. The van der Waals surface area contributed by atoms with Gasteiger partial charge in [0, 0.05) is 25.0 Å². The largest absolute Gasteiger partial charge is 0.342 e. The van der Waals surface area contributed by atoms with Gasteiger partial charge in [-0.05, 0) is 68.3 Å². The van der Waals surface area contributed by atoms with E-state index in [9.17, 15) is 4.79 Å². The van der Waals surface area contributed by atoms with Crippen LogP contribution in [0.15, 0.2) is 30.3 Å². The zero-order valence-electron chi connectivity index (χ0n) is 15.7. The maximum absolute atomic E-state index is 13.2. The Bertz CT molecular complexity index is 579. The topological polar surface area (TPSA) is 46.3 Å². The van der Waals surface area contributed by atoms with E-state index in [-0.39, 0.29) is 18.3 Å². The molecule has 1 aromatic rings. The van der Waals surface area contributed by atoms with Crippen LogP contribution >= 0.6 is 12.4 Å². The number of hydrogen-bond donors (Lipinski definition) is 1. The van der Waals surface area contributed by atoms with Gasteiger partial charge in [-0.2, -0.15) is 0 Å². The van der Waals surface area contributed by atoms with Gasteiger partial charge in [-0.15, -0.1) is 12.4 Å². The zero-order chi connectivity index (χ0) is 17.2. The number of piperidine rings is 1. The summed E-state index contributed by atoms with van der Waals surface area (Å²) in [6, 6.07) is 11.1. The van der Waals surface area contributed by atoms with Crippen LogP contribution in [0.2, 0.25) is 0 Å². The number of hydrogen-bond acceptors (Lipinski definition) is 2. The van der Waals surface area contributed by atoms with E-state index in [4.69, 9.17) is 5.73 Å². The maximum Gasteiger partial charge on any atom is 0.225 e. The molecule has 1 aromatic carbocycles. The van der Waals surface area contributed by atoms with Gasteiger partial charge < -0.3 is 10.6 Å². The van der Waals surface area contributed by atoms with E-state index >= 15 is 0 Å². The van der Waals surface area contributed by atoms with E-state index in [0.29, 0.717) is 29.7 Å². The van der Waals surface area contributed by atoms with E-state index in [1.807, 2.05) is 0 Å². The van der Waals surface area contributed by atoms with Crippen LogP contribution in [0.3, 0.4) is 0 Å². The van der Waals surface area contributed by atoms with E-state index < -0.39 is 0 Å². The van der Waals surface area contributed by atoms with Gasteiger partial charge in [-0.3, -0.25) is 4.79 Å². The number of nitrogens with two attached hydrogens (primary N) is 1. The smallest absolute Gasteiger partial charge is 0.225 e. The maximum atomic E-state index is 13.2. The molecule has 0 aromatic heterocycles. The average Bonchev–Trinajstić information content (AvgIpc) is 2.62. The first-order valence-electron chi connectivity index (χ1n) is 10.3. The molecule has 0 spiro atoms. The first-order chi connectivity index (χ1) is 12.2. The Morgan fingerprint density at radius 2 is 1.73 bits per heavy atom. The van der Waals surface area contributed by atoms with Crippen molar-refractivity contribution in [3.8, 4) is 0 Å². The summed E-state index contributed by atoms with van der Waals surface area (Å²) in [5.74, 6) is 2.47. The highest BCUT2D eigenvalue weighted by Gasteiger charge is 2.42. The summed E-state index contributed by atoms with van der Waals surface area (Å²) >= 11 is 0. The molecule has 0 radical (unpaired) electrons. The van der Waals surface area contributed by atoms with Gasteiger partial charge in [0.15, 0.2) is 0 Å². The van der Waals surface area contributed by atoms with Gasteiger partial charge in [0.05, 0.1) is 0 Å². The quantitative estimate of drug-likeness (QED) is 0.865. The number of carbonyl (C=O) groups is 1. The number of fused-ring (bicyclic) bond motifs is 2. The summed E-state index contributed by atoms with van der Waals surface area (Å²) in [4.78, 5) is 15.4. The van der Waals surface area contributed by atoms with Crippen molar-refractivity contribution < 1.29 is 4.79 Å². The van der Waals surface area contributed by atoms with Crippen LogP contribution in [-0.2, 0) is 11.2 Å². The molecule has 3 aliphatic rings. The normalized spacial score (nSPS) is 34.0. The number of amides is 1. The molecule has 3 fully saturated rings. The molecule has 3 atom stereocenters. The predicted molar refractivity (Wildman–Crippen MR) is 108 cm³/mol. The number of benzene rings is 1. The molecule has 1 amide bonds. The molecule has 26 heavy (non-hydrogen) atoms. The third-order valence-corrected chi connectivity index (χ3v) is 6.96. The molecule has 4 rings (SSSR count). The van der Waals surface area contributed by atoms with E-state index in [1.54, 1.807) is 0 Å². The Hall–Kier alpha value is -1.06. The highest BCUT2D eigenvalue weighted by atomic mass is 35.5. The van der Waals surface area contributed by atoms with Gasteiger partial charge in [0.25, 0.3) is 0 Å². The Kier molecular flexibility index (Phi) is 6.63. The second kappa shape index (κ2) is 8.75. The van der Waals surface area contributed by atoms with Gasteiger partial charge in [0.2, 0.25) is 5.91 Å². The van der Waals surface area contributed by atoms with Crippen molar-refractivity contribution in [2.45, 2.75) is 57.4 Å². The minimum atomic E-state index is 0. The summed E-state index contributed by atoms with van der Waals surface area (Å²) < 4.78 is 0. The summed E-state index contributed by atoms with van der Waals surface area (Å²) in [6.45, 7) is 1.91. The average molecular weight is 377 g/mol. The highest BCUT2D eigenvalue weighted by molar-refractivity contribution is 5.85. The number of nitrogens with zero attached hydrogens (tertiary/aromatic N) is 1. The molecular formula is C22H33ClN2O. The fourth-order valence-electron chi connectivity index (χ4n) is 5.63. The third-order valence-electron chi connectivity index (χ3n) is 6.96. The van der Waals surface area contributed by atoms with Crippen molar-refractivity contribution >= 4 is 18.3 Å². The Labute approximate surface area is 164 Å². The molecule has 4 heteroatoms. The molecule has 1 heterocycles. The van der Waals surface area contributed by atoms with Gasteiger partial charge in [-0.25, -0.2) is 0 Å². The number of rotatable bonds is 3. The summed E-state index contributed by atoms with van der Waals surface area (Å²) in [7, 11) is 0. The fraction of sp³-hybridized carbons (Fsp3) is 0.682. The third kappa shape index (κ3) is 4.26. The van der Waals surface area contributed by atoms with Crippen LogP contribution in [-0.4, -0.2) is 29.9 Å². The lowest BCUT2D eigenvalue weighted by Crippen LogP contribution is -2.51. The van der Waals surface area contributed by atoms with Crippen molar-refractivity contribution in [3.63, 3.8) is 0 Å². The van der Waals surface area contributed by atoms with E-state index in [2.05, 4.69) is 35.2 Å². The van der Waals surface area contributed by atoms with Crippen molar-refractivity contribution in [1.29, 1.82) is 0 Å². The minimum absolute atomic E-state index is 0. The second-order valence-corrected chi connectivity index (χ2v) is 8.68. The van der Waals surface area contributed by atoms with Crippen molar-refractivity contribution in [3.05, 3.63) is 35.9 Å². The molecule has 144 valence electrons. The van der Waals surface area contributed by atoms with Crippen LogP contribution in [0, 0.1) is 23.7 Å². The minimum Gasteiger partial charge on any atom is -0.342 e. The second-order valence-electron chi connectivity index (χ2n) is 8.68. The highest BCUT2D eigenvalue weighted by Crippen LogP contribution is 2.42. The van der Waals surface area contributed by atoms with Crippen LogP contribution in [0.4, 0.5) is 0 Å². The van der Waals surface area contributed by atoms with Crippen LogP contribution in [0.25, 0.3) is 0 Å². The van der Waals surface area contributed by atoms with Gasteiger partial charge in [0.1, 0.15) is 0 Å². The van der Waals surface area contributed by atoms with Crippen molar-refractivity contribution in [2.75, 3.05) is 13.1 Å². The monoisotopic (exact) mass is 376 g/mol. The van der Waals surface area contributed by atoms with Crippen LogP contribution in [0.5, 0.6) is 0 Å². The molecule has 3 nitrogen and oxygen atoms in total. The predicted octanol–water partition coefficient (Wildman–Crippen LogP) is 4.04. The van der Waals surface area contributed by atoms with Crippen molar-refractivity contribution in [1.82, 2.24) is 4.90 Å². The lowest BCUT2D eigenvalue weighted by atomic mass is 9.65. The molecular weight excluding hydrogens is 344 g/mol. The summed E-state index contributed by atoms with van der Waals surface area (Å²) in [5, 5.41) is 0. The van der Waals surface area contributed by atoms with Gasteiger partial charge >= 0.3 is 0 Å². The van der Waals surface area contributed by atoms with Gasteiger partial charge in [-0.1, -0.05) is 36.8 Å². The molecule has 2 bridgehead atoms. The van der Waals surface area contributed by atoms with Crippen LogP contribution in [0.1, 0.15) is 50.5 Å². The first kappa shape index (κ1) is 19.7. The molecule has 2 N–H and O–H groups in total. The fourth-order valence-corrected chi connectivity index (χ4v) is 5.63. The number of carbonyl (C=O) groups excluding carboxylic acids is 1. The molecule has 1 aliphatic heterocycles. The lowest BCUT2D eigenvalue weighted by Gasteiger charge is -2.45. The SMILES string of the molecule is Cl.NC1C2CCCC1CC(C(=O)N1CCCC(Cc3ccccc3)C1)C2. The Balaban J connectivity index is 0.00000196. The first-order valence-corrected chi connectivity index (χ1v) is 10.3. The number of halogens is 1. The molecule has 2 aliphatic carbocycles. The van der Waals surface area contributed by atoms with Crippen LogP contribution < -0.4 is 5.73 Å². The lowest BCUT2D eigenvalue weighted by molar-refractivity contribution is -0.140. The Morgan fingerprint density at radius 1 is 1.04 bits per heavy atom. The van der Waals surface area contributed by atoms with E-state index in [1.165, 1.54) is 31.2 Å². The standard InChI is InChI=1S/C22H32N2O.ClH/c23-21-18-9-4-10-19(21)14-20(13-18)22(25)24-11-5-8-17(15-24)12-16-6-2-1-3-7-16;/h1-3,6-7,17-21H,4-5,8-15,23H2;1H. The van der Waals surface area contributed by atoms with E-state index in [0.717, 1.165) is 38.8 Å². The molecule has 1 saturated heterocycles. The van der Waals surface area contributed by atoms with Crippen molar-refractivity contribution in [2.24, 2.45) is 29.4 Å². The Morgan fingerprint density at radius 3 is 2.42 bits per heavy atom. The number of likely N-dealkylation sites (tertiary alicyclic amines) is 1.